The second-order valence-electron chi connectivity index (χ2n) is 1.38. The molecule has 0 aliphatic rings. The summed E-state index contributed by atoms with van der Waals surface area (Å²) in [6.45, 7) is 3.78. The molecule has 0 amide bonds. The largest absolute Gasteiger partial charge is 0.411 e. The van der Waals surface area contributed by atoms with Gasteiger partial charge in [-0.1, -0.05) is 19.0 Å². The normalized spacial score (nSPS) is 11.2. The van der Waals surface area contributed by atoms with Gasteiger partial charge in [-0.05, 0) is 0 Å². The van der Waals surface area contributed by atoms with Gasteiger partial charge < -0.3 is 5.21 Å². The molecule has 2 heteroatoms. The first-order valence-electron chi connectivity index (χ1n) is 1.87. The Hall–Kier alpha value is -0.530. The second-order valence-corrected chi connectivity index (χ2v) is 1.38. The highest BCUT2D eigenvalue weighted by Gasteiger charge is 1.81. The average Bonchev–Trinajstić information content (AvgIpc) is 1.35. The van der Waals surface area contributed by atoms with Gasteiger partial charge in [0.25, 0.3) is 0 Å². The Morgan fingerprint density at radius 3 is 2.17 bits per heavy atom. The van der Waals surface area contributed by atoms with Crippen LogP contribution in [0.15, 0.2) is 5.16 Å². The molecule has 0 heterocycles. The molecule has 0 aliphatic heterocycles. The zero-order valence-electron chi connectivity index (χ0n) is 3.97. The predicted octanol–water partition coefficient (Wildman–Crippen LogP) is 0.979. The summed E-state index contributed by atoms with van der Waals surface area (Å²) < 4.78 is 0. The summed E-state index contributed by atoms with van der Waals surface area (Å²) in [4.78, 5) is 0. The van der Waals surface area contributed by atoms with Crippen molar-refractivity contribution >= 4 is 6.21 Å². The third kappa shape index (κ3) is 3.47. The van der Waals surface area contributed by atoms with Gasteiger partial charge in [0.2, 0.25) is 0 Å². The Kier molecular flexibility index (Phi) is 2.46. The lowest BCUT2D eigenvalue weighted by atomic mass is 10.3. The molecule has 0 atom stereocenters. The van der Waals surface area contributed by atoms with Crippen molar-refractivity contribution < 1.29 is 5.21 Å². The minimum atomic E-state index is 0.231. The van der Waals surface area contributed by atoms with Gasteiger partial charge in [-0.2, -0.15) is 0 Å². The molecule has 0 spiro atoms. The van der Waals surface area contributed by atoms with Crippen molar-refractivity contribution in [2.45, 2.75) is 13.8 Å². The first-order chi connectivity index (χ1) is 2.77. The fraction of sp³-hybridized carbons (Fsp3) is 0.750. The van der Waals surface area contributed by atoms with Crippen molar-refractivity contribution in [3.05, 3.63) is 0 Å². The lowest BCUT2D eigenvalue weighted by Gasteiger charge is -1.82. The second kappa shape index (κ2) is 2.69. The monoisotopic (exact) mass is 86.1 g/mol. The van der Waals surface area contributed by atoms with Crippen LogP contribution in [0.5, 0.6) is 0 Å². The molecule has 0 aromatic heterocycles. The molecule has 35 valence electrons. The first-order valence-corrected chi connectivity index (χ1v) is 1.87. The standard InChI is InChI=1S/C4H8NO/c1-4(2)3-5-6/h4,6H,1-2H3. The fourth-order valence-electron chi connectivity index (χ4n) is 0.115. The molecular formula is C4H8NO. The number of nitrogens with zero attached hydrogens (tertiary/aromatic N) is 1. The Morgan fingerprint density at radius 1 is 1.67 bits per heavy atom. The van der Waals surface area contributed by atoms with E-state index >= 15 is 0 Å². The number of hydrogen-bond donors (Lipinski definition) is 1. The van der Waals surface area contributed by atoms with E-state index in [4.69, 9.17) is 5.21 Å². The molecule has 0 aromatic rings. The Labute approximate surface area is 37.5 Å². The highest BCUT2D eigenvalue weighted by atomic mass is 16.4. The van der Waals surface area contributed by atoms with E-state index in [1.165, 1.54) is 0 Å². The molecule has 0 aliphatic carbocycles. The van der Waals surface area contributed by atoms with Crippen LogP contribution in [0.4, 0.5) is 0 Å². The SMILES string of the molecule is CC(C)/[C]=N\O. The Bertz CT molecular complexity index is 49.5. The molecule has 0 bridgehead atoms. The molecule has 0 unspecified atom stereocenters. The third-order valence-electron chi connectivity index (χ3n) is 0.316. The maximum absolute atomic E-state index is 7.75. The van der Waals surface area contributed by atoms with Gasteiger partial charge in [-0.3, -0.25) is 0 Å². The lowest BCUT2D eigenvalue weighted by molar-refractivity contribution is 0.319. The van der Waals surface area contributed by atoms with Gasteiger partial charge in [-0.25, -0.2) is 0 Å². The predicted molar refractivity (Wildman–Crippen MR) is 24.1 cm³/mol. The fourth-order valence-corrected chi connectivity index (χ4v) is 0.115. The van der Waals surface area contributed by atoms with Crippen LogP contribution in [0.25, 0.3) is 0 Å². The van der Waals surface area contributed by atoms with E-state index < -0.39 is 0 Å². The van der Waals surface area contributed by atoms with Gasteiger partial charge in [0.1, 0.15) is 6.21 Å². The maximum Gasteiger partial charge on any atom is 0.107 e. The minimum Gasteiger partial charge on any atom is -0.411 e. The lowest BCUT2D eigenvalue weighted by Crippen LogP contribution is -1.84. The van der Waals surface area contributed by atoms with Gasteiger partial charge in [0, 0.05) is 5.92 Å². The van der Waals surface area contributed by atoms with E-state index in [1.807, 2.05) is 13.8 Å². The summed E-state index contributed by atoms with van der Waals surface area (Å²) in [6, 6.07) is 0. The molecule has 1 N–H and O–H groups in total. The van der Waals surface area contributed by atoms with Crippen LogP contribution in [-0.4, -0.2) is 11.4 Å². The molecule has 0 fully saturated rings. The summed E-state index contributed by atoms with van der Waals surface area (Å²) in [7, 11) is 0. The summed E-state index contributed by atoms with van der Waals surface area (Å²) in [5.74, 6) is 0.231. The van der Waals surface area contributed by atoms with Crippen LogP contribution in [-0.2, 0) is 0 Å². The topological polar surface area (TPSA) is 32.6 Å². The van der Waals surface area contributed by atoms with Gasteiger partial charge in [0.15, 0.2) is 0 Å². The van der Waals surface area contributed by atoms with E-state index in [1.54, 1.807) is 0 Å². The van der Waals surface area contributed by atoms with Crippen molar-refractivity contribution in [2.24, 2.45) is 11.1 Å². The van der Waals surface area contributed by atoms with Gasteiger partial charge in [-0.15, -0.1) is 0 Å². The van der Waals surface area contributed by atoms with Crippen LogP contribution in [0.1, 0.15) is 13.8 Å². The van der Waals surface area contributed by atoms with Crippen molar-refractivity contribution in [1.82, 2.24) is 0 Å². The summed E-state index contributed by atoms with van der Waals surface area (Å²) >= 11 is 0. The van der Waals surface area contributed by atoms with Crippen LogP contribution in [0, 0.1) is 5.92 Å². The highest BCUT2D eigenvalue weighted by Crippen LogP contribution is 1.81. The van der Waals surface area contributed by atoms with Crippen LogP contribution >= 0.6 is 0 Å². The molecule has 0 saturated heterocycles. The van der Waals surface area contributed by atoms with Crippen molar-refractivity contribution in [3.8, 4) is 0 Å². The highest BCUT2D eigenvalue weighted by molar-refractivity contribution is 5.58. The summed E-state index contributed by atoms with van der Waals surface area (Å²) in [5.41, 5.74) is 0. The number of hydrogen-bond acceptors (Lipinski definition) is 2. The molecule has 0 saturated carbocycles. The van der Waals surface area contributed by atoms with Crippen molar-refractivity contribution in [1.29, 1.82) is 0 Å². The van der Waals surface area contributed by atoms with Gasteiger partial charge in [0.05, 0.1) is 0 Å². The van der Waals surface area contributed by atoms with E-state index in [9.17, 15) is 0 Å². The van der Waals surface area contributed by atoms with E-state index in [0.29, 0.717) is 0 Å². The minimum absolute atomic E-state index is 0.231. The molecular weight excluding hydrogens is 78.0 g/mol. The molecule has 6 heavy (non-hydrogen) atoms. The molecule has 0 rings (SSSR count). The van der Waals surface area contributed by atoms with E-state index in [0.717, 1.165) is 0 Å². The molecule has 1 radical (unpaired) electrons. The van der Waals surface area contributed by atoms with E-state index in [-0.39, 0.29) is 5.92 Å². The van der Waals surface area contributed by atoms with E-state index in [2.05, 4.69) is 11.4 Å². The summed E-state index contributed by atoms with van der Waals surface area (Å²) in [5, 5.41) is 10.4. The zero-order chi connectivity index (χ0) is 4.99. The Morgan fingerprint density at radius 2 is 2.17 bits per heavy atom. The van der Waals surface area contributed by atoms with Gasteiger partial charge >= 0.3 is 0 Å². The zero-order valence-corrected chi connectivity index (χ0v) is 3.97. The third-order valence-corrected chi connectivity index (χ3v) is 0.316. The maximum atomic E-state index is 7.75. The molecule has 2 nitrogen and oxygen atoms in total. The van der Waals surface area contributed by atoms with Crippen LogP contribution in [0.3, 0.4) is 0 Å². The van der Waals surface area contributed by atoms with Crippen LogP contribution in [0.2, 0.25) is 0 Å². The summed E-state index contributed by atoms with van der Waals surface area (Å²) in [6.07, 6.45) is 2.39. The smallest absolute Gasteiger partial charge is 0.107 e. The first kappa shape index (κ1) is 5.47. The van der Waals surface area contributed by atoms with Crippen molar-refractivity contribution in [3.63, 3.8) is 0 Å². The molecule has 0 aromatic carbocycles. The Balaban J connectivity index is 3.03. The quantitative estimate of drug-likeness (QED) is 0.288. The number of rotatable bonds is 1. The van der Waals surface area contributed by atoms with Crippen LogP contribution < -0.4 is 0 Å². The average molecular weight is 86.1 g/mol. The van der Waals surface area contributed by atoms with Crippen molar-refractivity contribution in [2.75, 3.05) is 0 Å².